The van der Waals surface area contributed by atoms with Gasteiger partial charge in [-0.3, -0.25) is 0 Å². The van der Waals surface area contributed by atoms with E-state index in [4.69, 9.17) is 15.7 Å². The molecule has 0 bridgehead atoms. The van der Waals surface area contributed by atoms with E-state index in [0.717, 1.165) is 9.79 Å². The van der Waals surface area contributed by atoms with Gasteiger partial charge in [0.2, 0.25) is 5.88 Å². The van der Waals surface area contributed by atoms with Crippen LogP contribution in [0.25, 0.3) is 0 Å². The Balaban J connectivity index is 2.35. The summed E-state index contributed by atoms with van der Waals surface area (Å²) in [6.45, 7) is 2.03. The summed E-state index contributed by atoms with van der Waals surface area (Å²) in [5.41, 5.74) is 7.45. The Morgan fingerprint density at radius 3 is 2.58 bits per heavy atom. The number of anilines is 1. The normalized spacial score (nSPS) is 9.95. The SMILES string of the molecule is COc1nc(N)c(Sc2ccc(C)cc2)cc1C#N. The highest BCUT2D eigenvalue weighted by Crippen LogP contribution is 2.34. The van der Waals surface area contributed by atoms with Crippen molar-refractivity contribution < 1.29 is 4.74 Å². The van der Waals surface area contributed by atoms with Gasteiger partial charge in [-0.15, -0.1) is 0 Å². The van der Waals surface area contributed by atoms with Gasteiger partial charge >= 0.3 is 0 Å². The number of methoxy groups -OCH3 is 1. The molecule has 2 rings (SSSR count). The number of hydrogen-bond donors (Lipinski definition) is 1. The Kier molecular flexibility index (Phi) is 3.93. The van der Waals surface area contributed by atoms with E-state index in [-0.39, 0.29) is 5.88 Å². The Labute approximate surface area is 116 Å². The molecule has 0 aliphatic heterocycles. The van der Waals surface area contributed by atoms with Crippen LogP contribution in [0.2, 0.25) is 0 Å². The van der Waals surface area contributed by atoms with Crippen molar-refractivity contribution in [1.82, 2.24) is 4.98 Å². The van der Waals surface area contributed by atoms with E-state index >= 15 is 0 Å². The van der Waals surface area contributed by atoms with Crippen LogP contribution in [0.15, 0.2) is 40.1 Å². The number of ether oxygens (including phenoxy) is 1. The molecule has 5 heteroatoms. The van der Waals surface area contributed by atoms with E-state index in [2.05, 4.69) is 11.1 Å². The zero-order chi connectivity index (χ0) is 13.8. The lowest BCUT2D eigenvalue weighted by molar-refractivity contribution is 0.396. The van der Waals surface area contributed by atoms with Crippen LogP contribution in [0, 0.1) is 18.3 Å². The lowest BCUT2D eigenvalue weighted by Gasteiger charge is -2.08. The molecule has 1 aromatic heterocycles. The maximum atomic E-state index is 9.05. The molecule has 0 atom stereocenters. The Morgan fingerprint density at radius 2 is 2.00 bits per heavy atom. The van der Waals surface area contributed by atoms with Crippen molar-refractivity contribution in [3.8, 4) is 11.9 Å². The molecule has 19 heavy (non-hydrogen) atoms. The average Bonchev–Trinajstić information content (AvgIpc) is 2.43. The molecular formula is C14H13N3OS. The maximum absolute atomic E-state index is 9.05. The second-order valence-electron chi connectivity index (χ2n) is 3.96. The van der Waals surface area contributed by atoms with Gasteiger partial charge in [0, 0.05) is 4.90 Å². The van der Waals surface area contributed by atoms with Crippen LogP contribution in [-0.2, 0) is 0 Å². The van der Waals surface area contributed by atoms with Crippen LogP contribution in [0.1, 0.15) is 11.1 Å². The first kappa shape index (κ1) is 13.2. The third-order valence-electron chi connectivity index (χ3n) is 2.54. The highest BCUT2D eigenvalue weighted by atomic mass is 32.2. The van der Waals surface area contributed by atoms with Crippen molar-refractivity contribution in [2.24, 2.45) is 0 Å². The zero-order valence-electron chi connectivity index (χ0n) is 10.7. The number of hydrogen-bond acceptors (Lipinski definition) is 5. The number of nitriles is 1. The summed E-state index contributed by atoms with van der Waals surface area (Å²) in [6.07, 6.45) is 0. The third-order valence-corrected chi connectivity index (χ3v) is 3.60. The first-order valence-electron chi connectivity index (χ1n) is 5.63. The highest BCUT2D eigenvalue weighted by Gasteiger charge is 2.11. The predicted molar refractivity (Wildman–Crippen MR) is 75.2 cm³/mol. The highest BCUT2D eigenvalue weighted by molar-refractivity contribution is 7.99. The Morgan fingerprint density at radius 1 is 1.32 bits per heavy atom. The van der Waals surface area contributed by atoms with Crippen LogP contribution >= 0.6 is 11.8 Å². The number of benzene rings is 1. The van der Waals surface area contributed by atoms with E-state index in [1.807, 2.05) is 31.2 Å². The molecule has 0 saturated carbocycles. The fraction of sp³-hybridized carbons (Fsp3) is 0.143. The van der Waals surface area contributed by atoms with Crippen molar-refractivity contribution in [2.75, 3.05) is 12.8 Å². The van der Waals surface area contributed by atoms with Gasteiger partial charge in [0.05, 0.1) is 12.0 Å². The monoisotopic (exact) mass is 271 g/mol. The summed E-state index contributed by atoms with van der Waals surface area (Å²) in [5, 5.41) is 9.05. The molecule has 96 valence electrons. The fourth-order valence-electron chi connectivity index (χ4n) is 1.54. The van der Waals surface area contributed by atoms with E-state index in [1.54, 1.807) is 6.07 Å². The summed E-state index contributed by atoms with van der Waals surface area (Å²) in [6, 6.07) is 11.8. The minimum absolute atomic E-state index is 0.258. The maximum Gasteiger partial charge on any atom is 0.233 e. The number of nitrogens with zero attached hydrogens (tertiary/aromatic N) is 2. The second kappa shape index (κ2) is 5.63. The molecular weight excluding hydrogens is 258 g/mol. The lowest BCUT2D eigenvalue weighted by atomic mass is 10.2. The molecule has 0 unspecified atom stereocenters. The first-order chi connectivity index (χ1) is 9.13. The van der Waals surface area contributed by atoms with E-state index in [1.165, 1.54) is 24.4 Å². The van der Waals surface area contributed by atoms with Gasteiger partial charge in [0.15, 0.2) is 0 Å². The van der Waals surface area contributed by atoms with Crippen LogP contribution in [0.4, 0.5) is 5.82 Å². The Hall–Kier alpha value is -2.19. The molecule has 0 radical (unpaired) electrons. The molecule has 0 aliphatic rings. The van der Waals surface area contributed by atoms with Crippen molar-refractivity contribution >= 4 is 17.6 Å². The summed E-state index contributed by atoms with van der Waals surface area (Å²) in [4.78, 5) is 5.89. The molecule has 2 aromatic rings. The van der Waals surface area contributed by atoms with Gasteiger partial charge in [-0.05, 0) is 25.1 Å². The van der Waals surface area contributed by atoms with E-state index in [0.29, 0.717) is 11.4 Å². The number of aryl methyl sites for hydroxylation is 1. The van der Waals surface area contributed by atoms with E-state index in [9.17, 15) is 0 Å². The molecule has 0 fully saturated rings. The predicted octanol–water partition coefficient (Wildman–Crippen LogP) is 3.00. The lowest BCUT2D eigenvalue weighted by Crippen LogP contribution is -1.99. The molecule has 1 heterocycles. The number of pyridine rings is 1. The molecule has 0 spiro atoms. The number of nitrogen functional groups attached to an aromatic ring is 1. The largest absolute Gasteiger partial charge is 0.480 e. The molecule has 0 amide bonds. The average molecular weight is 271 g/mol. The first-order valence-corrected chi connectivity index (χ1v) is 6.45. The number of nitrogens with two attached hydrogens (primary N) is 1. The van der Waals surface area contributed by atoms with E-state index < -0.39 is 0 Å². The van der Waals surface area contributed by atoms with Crippen molar-refractivity contribution in [1.29, 1.82) is 5.26 Å². The molecule has 0 saturated heterocycles. The molecule has 4 nitrogen and oxygen atoms in total. The van der Waals surface area contributed by atoms with Gasteiger partial charge in [-0.25, -0.2) is 0 Å². The topological polar surface area (TPSA) is 71.9 Å². The summed E-state index contributed by atoms with van der Waals surface area (Å²) in [5.74, 6) is 0.620. The summed E-state index contributed by atoms with van der Waals surface area (Å²) < 4.78 is 5.02. The number of rotatable bonds is 3. The quantitative estimate of drug-likeness (QED) is 0.929. The Bertz CT molecular complexity index is 632. The van der Waals surface area contributed by atoms with Crippen LogP contribution < -0.4 is 10.5 Å². The minimum atomic E-state index is 0.258. The molecule has 0 aliphatic carbocycles. The van der Waals surface area contributed by atoms with Crippen molar-refractivity contribution in [3.63, 3.8) is 0 Å². The summed E-state index contributed by atoms with van der Waals surface area (Å²) in [7, 11) is 1.47. The molecule has 2 N–H and O–H groups in total. The van der Waals surface area contributed by atoms with Crippen LogP contribution in [0.5, 0.6) is 5.88 Å². The van der Waals surface area contributed by atoms with Crippen LogP contribution in [0.3, 0.4) is 0 Å². The van der Waals surface area contributed by atoms with Crippen molar-refractivity contribution in [3.05, 3.63) is 41.5 Å². The van der Waals surface area contributed by atoms with Crippen molar-refractivity contribution in [2.45, 2.75) is 16.7 Å². The minimum Gasteiger partial charge on any atom is -0.480 e. The van der Waals surface area contributed by atoms with Crippen LogP contribution in [-0.4, -0.2) is 12.1 Å². The number of aromatic nitrogens is 1. The second-order valence-corrected chi connectivity index (χ2v) is 5.07. The van der Waals surface area contributed by atoms with Gasteiger partial charge in [-0.2, -0.15) is 10.2 Å². The van der Waals surface area contributed by atoms with Gasteiger partial charge < -0.3 is 10.5 Å². The fourth-order valence-corrected chi connectivity index (χ4v) is 2.40. The van der Waals surface area contributed by atoms with Gasteiger partial charge in [0.25, 0.3) is 0 Å². The summed E-state index contributed by atoms with van der Waals surface area (Å²) >= 11 is 1.48. The standard InChI is InChI=1S/C14H13N3OS/c1-9-3-5-11(6-4-9)19-12-7-10(8-15)14(18-2)17-13(12)16/h3-7H,1-2H3,(H2,16,17). The van der Waals surface area contributed by atoms with Gasteiger partial charge in [0.1, 0.15) is 17.5 Å². The third kappa shape index (κ3) is 2.98. The molecule has 1 aromatic carbocycles. The zero-order valence-corrected chi connectivity index (χ0v) is 11.5. The van der Waals surface area contributed by atoms with Gasteiger partial charge in [-0.1, -0.05) is 29.5 Å². The smallest absolute Gasteiger partial charge is 0.233 e.